The van der Waals surface area contributed by atoms with Crippen LogP contribution in [0.5, 0.6) is 5.75 Å². The number of fused-ring (bicyclic) bond motifs is 2. The van der Waals surface area contributed by atoms with E-state index >= 15 is 0 Å². The molecule has 1 heterocycles. The molecule has 0 bridgehead atoms. The molecule has 2 aliphatic carbocycles. The Morgan fingerprint density at radius 1 is 1.22 bits per heavy atom. The SMILES string of the molecule is Cl.O=C1CCCc2c(OCC3CCCc4[nH]cnc43)cccc21. The number of ketones is 1. The Balaban J connectivity index is 0.00000156. The first kappa shape index (κ1) is 16.1. The molecule has 2 aromatic rings. The highest BCUT2D eigenvalue weighted by molar-refractivity contribution is 5.99. The second-order valence-corrected chi connectivity index (χ2v) is 6.23. The normalized spacial score (nSPS) is 19.5. The maximum absolute atomic E-state index is 12.0. The van der Waals surface area contributed by atoms with Crippen molar-refractivity contribution in [1.29, 1.82) is 0 Å². The number of aryl methyl sites for hydroxylation is 1. The summed E-state index contributed by atoms with van der Waals surface area (Å²) in [4.78, 5) is 19.7. The third kappa shape index (κ3) is 3.00. The van der Waals surface area contributed by atoms with Crippen LogP contribution in [0.15, 0.2) is 24.5 Å². The minimum Gasteiger partial charge on any atom is -0.493 e. The molecule has 1 aromatic heterocycles. The number of imidazole rings is 1. The summed E-state index contributed by atoms with van der Waals surface area (Å²) in [6.07, 6.45) is 7.69. The van der Waals surface area contributed by atoms with E-state index in [2.05, 4.69) is 9.97 Å². The van der Waals surface area contributed by atoms with Crippen molar-refractivity contribution >= 4 is 18.2 Å². The average Bonchev–Trinajstić information content (AvgIpc) is 3.02. The number of ether oxygens (including phenoxy) is 1. The lowest BCUT2D eigenvalue weighted by atomic mass is 9.89. The summed E-state index contributed by atoms with van der Waals surface area (Å²) >= 11 is 0. The van der Waals surface area contributed by atoms with Crippen LogP contribution in [0.25, 0.3) is 0 Å². The zero-order valence-corrected chi connectivity index (χ0v) is 13.8. The Kier molecular flexibility index (Phi) is 4.71. The molecule has 1 aromatic carbocycles. The summed E-state index contributed by atoms with van der Waals surface area (Å²) < 4.78 is 6.11. The van der Waals surface area contributed by atoms with E-state index in [-0.39, 0.29) is 18.2 Å². The highest BCUT2D eigenvalue weighted by atomic mass is 35.5. The van der Waals surface area contributed by atoms with Gasteiger partial charge in [-0.25, -0.2) is 4.98 Å². The van der Waals surface area contributed by atoms with Gasteiger partial charge >= 0.3 is 0 Å². The van der Waals surface area contributed by atoms with Crippen molar-refractivity contribution < 1.29 is 9.53 Å². The smallest absolute Gasteiger partial charge is 0.163 e. The van der Waals surface area contributed by atoms with Gasteiger partial charge in [0, 0.05) is 29.2 Å². The Labute approximate surface area is 142 Å². The van der Waals surface area contributed by atoms with Crippen LogP contribution in [-0.4, -0.2) is 22.4 Å². The number of H-pyrrole nitrogens is 1. The first-order valence-corrected chi connectivity index (χ1v) is 8.13. The number of nitrogens with one attached hydrogen (secondary N) is 1. The lowest BCUT2D eigenvalue weighted by Gasteiger charge is -2.23. The standard InChI is InChI=1S/C18H20N2O2.ClH/c21-16-8-2-6-14-13(16)5-3-9-17(14)22-10-12-4-1-7-15-18(12)20-11-19-15;/h3,5,9,11-12H,1-2,4,6-8,10H2,(H,19,20);1H. The van der Waals surface area contributed by atoms with Gasteiger partial charge in [-0.15, -0.1) is 12.4 Å². The lowest BCUT2D eigenvalue weighted by Crippen LogP contribution is -2.18. The Bertz CT molecular complexity index is 711. The van der Waals surface area contributed by atoms with Crippen LogP contribution in [0.4, 0.5) is 0 Å². The molecule has 5 heteroatoms. The zero-order valence-electron chi connectivity index (χ0n) is 13.0. The fraction of sp³-hybridized carbons (Fsp3) is 0.444. The summed E-state index contributed by atoms with van der Waals surface area (Å²) in [6, 6.07) is 5.85. The van der Waals surface area contributed by atoms with Crippen LogP contribution in [0.3, 0.4) is 0 Å². The van der Waals surface area contributed by atoms with E-state index in [1.165, 1.54) is 12.1 Å². The predicted octanol–water partition coefficient (Wildman–Crippen LogP) is 3.85. The highest BCUT2D eigenvalue weighted by Gasteiger charge is 2.25. The number of aromatic amines is 1. The molecular formula is C18H21ClN2O2. The Morgan fingerprint density at radius 3 is 3.04 bits per heavy atom. The van der Waals surface area contributed by atoms with Crippen LogP contribution < -0.4 is 4.74 Å². The van der Waals surface area contributed by atoms with Crippen molar-refractivity contribution in [1.82, 2.24) is 9.97 Å². The van der Waals surface area contributed by atoms with Gasteiger partial charge < -0.3 is 9.72 Å². The van der Waals surface area contributed by atoms with Crippen LogP contribution in [0.1, 0.15) is 58.9 Å². The minimum atomic E-state index is 0. The van der Waals surface area contributed by atoms with E-state index in [1.807, 2.05) is 18.2 Å². The maximum Gasteiger partial charge on any atom is 0.163 e. The van der Waals surface area contributed by atoms with Gasteiger partial charge in [-0.3, -0.25) is 4.79 Å². The van der Waals surface area contributed by atoms with Crippen molar-refractivity contribution in [3.63, 3.8) is 0 Å². The maximum atomic E-state index is 12.0. The number of benzene rings is 1. The second kappa shape index (κ2) is 6.75. The monoisotopic (exact) mass is 332 g/mol. The predicted molar refractivity (Wildman–Crippen MR) is 90.7 cm³/mol. The molecule has 2 aliphatic rings. The number of carbonyl (C=O) groups is 1. The van der Waals surface area contributed by atoms with Gasteiger partial charge in [0.25, 0.3) is 0 Å². The van der Waals surface area contributed by atoms with E-state index in [9.17, 15) is 4.79 Å². The number of hydrogen-bond donors (Lipinski definition) is 1. The summed E-state index contributed by atoms with van der Waals surface area (Å²) in [5.41, 5.74) is 4.36. The molecule has 0 amide bonds. The zero-order chi connectivity index (χ0) is 14.9. The third-order valence-electron chi connectivity index (χ3n) is 4.82. The molecule has 0 aliphatic heterocycles. The van der Waals surface area contributed by atoms with Crippen molar-refractivity contribution in [2.75, 3.05) is 6.61 Å². The van der Waals surface area contributed by atoms with Crippen LogP contribution in [-0.2, 0) is 12.8 Å². The van der Waals surface area contributed by atoms with Gasteiger partial charge in [-0.05, 0) is 38.2 Å². The molecule has 1 atom stereocenters. The fourth-order valence-electron chi connectivity index (χ4n) is 3.68. The van der Waals surface area contributed by atoms with Crippen molar-refractivity contribution in [3.8, 4) is 5.75 Å². The summed E-state index contributed by atoms with van der Waals surface area (Å²) in [7, 11) is 0. The topological polar surface area (TPSA) is 55.0 Å². The van der Waals surface area contributed by atoms with Crippen molar-refractivity contribution in [2.24, 2.45) is 0 Å². The molecule has 0 saturated heterocycles. The van der Waals surface area contributed by atoms with Crippen molar-refractivity contribution in [2.45, 2.75) is 44.4 Å². The summed E-state index contributed by atoms with van der Waals surface area (Å²) in [6.45, 7) is 0.641. The summed E-state index contributed by atoms with van der Waals surface area (Å²) in [5.74, 6) is 1.48. The Hall–Kier alpha value is -1.81. The largest absolute Gasteiger partial charge is 0.493 e. The third-order valence-corrected chi connectivity index (χ3v) is 4.82. The molecule has 0 saturated carbocycles. The lowest BCUT2D eigenvalue weighted by molar-refractivity contribution is 0.0971. The molecule has 0 radical (unpaired) electrons. The molecule has 122 valence electrons. The van der Waals surface area contributed by atoms with Gasteiger partial charge in [-0.2, -0.15) is 0 Å². The number of halogens is 1. The number of aromatic nitrogens is 2. The van der Waals surface area contributed by atoms with Gasteiger partial charge in [-0.1, -0.05) is 12.1 Å². The van der Waals surface area contributed by atoms with Crippen LogP contribution in [0, 0.1) is 0 Å². The van der Waals surface area contributed by atoms with Gasteiger partial charge in [0.1, 0.15) is 5.75 Å². The number of nitrogens with zero attached hydrogens (tertiary/aromatic N) is 1. The van der Waals surface area contributed by atoms with E-state index in [1.54, 1.807) is 6.33 Å². The Morgan fingerprint density at radius 2 is 2.13 bits per heavy atom. The minimum absolute atomic E-state index is 0. The molecule has 4 nitrogen and oxygen atoms in total. The molecule has 1 N–H and O–H groups in total. The number of carbonyl (C=O) groups excluding carboxylic acids is 1. The second-order valence-electron chi connectivity index (χ2n) is 6.23. The van der Waals surface area contributed by atoms with Gasteiger partial charge in [0.05, 0.1) is 18.6 Å². The molecule has 4 rings (SSSR count). The van der Waals surface area contributed by atoms with E-state index < -0.39 is 0 Å². The van der Waals surface area contributed by atoms with Gasteiger partial charge in [0.2, 0.25) is 0 Å². The van der Waals surface area contributed by atoms with E-state index in [0.29, 0.717) is 18.9 Å². The number of rotatable bonds is 3. The number of Topliss-reactive ketones (excluding diaryl/α,β-unsaturated/α-hetero) is 1. The van der Waals surface area contributed by atoms with Crippen LogP contribution in [0.2, 0.25) is 0 Å². The highest BCUT2D eigenvalue weighted by Crippen LogP contribution is 2.33. The van der Waals surface area contributed by atoms with E-state index in [0.717, 1.165) is 48.3 Å². The van der Waals surface area contributed by atoms with Crippen LogP contribution >= 0.6 is 12.4 Å². The molecule has 0 fully saturated rings. The average molecular weight is 333 g/mol. The van der Waals surface area contributed by atoms with Crippen molar-refractivity contribution in [3.05, 3.63) is 47.0 Å². The first-order chi connectivity index (χ1) is 10.8. The molecule has 1 unspecified atom stereocenters. The van der Waals surface area contributed by atoms with E-state index in [4.69, 9.17) is 4.74 Å². The quantitative estimate of drug-likeness (QED) is 0.928. The molecular weight excluding hydrogens is 312 g/mol. The fourth-order valence-corrected chi connectivity index (χ4v) is 3.68. The first-order valence-electron chi connectivity index (χ1n) is 8.13. The van der Waals surface area contributed by atoms with Gasteiger partial charge in [0.15, 0.2) is 5.78 Å². The number of hydrogen-bond acceptors (Lipinski definition) is 3. The molecule has 23 heavy (non-hydrogen) atoms. The summed E-state index contributed by atoms with van der Waals surface area (Å²) in [5, 5.41) is 0. The molecule has 0 spiro atoms.